The van der Waals surface area contributed by atoms with Crippen molar-refractivity contribution in [2.45, 2.75) is 0 Å². The third-order valence-corrected chi connectivity index (χ3v) is 3.26. The van der Waals surface area contributed by atoms with E-state index in [0.29, 0.717) is 16.4 Å². The molecule has 0 bridgehead atoms. The van der Waals surface area contributed by atoms with Crippen molar-refractivity contribution in [3.63, 3.8) is 0 Å². The Morgan fingerprint density at radius 2 is 2.46 bits per heavy atom. The smallest absolute Gasteiger partial charge is 0.265 e. The summed E-state index contributed by atoms with van der Waals surface area (Å²) < 4.78 is 0. The first-order valence-corrected chi connectivity index (χ1v) is 6.09. The molecule has 0 N–H and O–H groups in total. The number of alkyl halides is 1. The molecule has 2 nitrogen and oxygen atoms in total. The molecule has 0 aromatic carbocycles. The van der Waals surface area contributed by atoms with E-state index in [9.17, 15) is 4.79 Å². The average Bonchev–Trinajstić information content (AvgIpc) is 2.50. The van der Waals surface area contributed by atoms with Gasteiger partial charge in [-0.25, -0.2) is 0 Å². The number of hydrogen-bond acceptors (Lipinski definition) is 2. The number of hydrogen-bond donors (Lipinski definition) is 0. The number of thiophene rings is 1. The summed E-state index contributed by atoms with van der Waals surface area (Å²) in [6.07, 6.45) is 0. The van der Waals surface area contributed by atoms with Crippen molar-refractivity contribution >= 4 is 44.8 Å². The highest BCUT2D eigenvalue weighted by atomic mass is 79.9. The van der Waals surface area contributed by atoms with E-state index in [1.807, 2.05) is 5.38 Å². The van der Waals surface area contributed by atoms with Crippen LogP contribution in [-0.2, 0) is 0 Å². The second kappa shape index (κ2) is 4.98. The summed E-state index contributed by atoms with van der Waals surface area (Å²) in [5.41, 5.74) is 0. The maximum absolute atomic E-state index is 11.6. The first-order chi connectivity index (χ1) is 6.16. The Hall–Kier alpha value is -0.0600. The van der Waals surface area contributed by atoms with Gasteiger partial charge >= 0.3 is 0 Å². The van der Waals surface area contributed by atoms with E-state index in [0.717, 1.165) is 5.33 Å². The van der Waals surface area contributed by atoms with E-state index in [1.165, 1.54) is 11.3 Å². The molecule has 0 unspecified atom stereocenters. The molecule has 72 valence electrons. The maximum Gasteiger partial charge on any atom is 0.265 e. The quantitative estimate of drug-likeness (QED) is 0.781. The number of nitrogens with zero attached hydrogens (tertiary/aromatic N) is 1. The molecule has 0 aliphatic carbocycles. The number of carbonyl (C=O) groups excluding carboxylic acids is 1. The summed E-state index contributed by atoms with van der Waals surface area (Å²) in [5.74, 6) is -0.0144. The molecule has 5 heteroatoms. The van der Waals surface area contributed by atoms with Gasteiger partial charge in [-0.1, -0.05) is 27.5 Å². The van der Waals surface area contributed by atoms with Crippen molar-refractivity contribution in [1.29, 1.82) is 0 Å². The predicted molar refractivity (Wildman–Crippen MR) is 60.1 cm³/mol. The van der Waals surface area contributed by atoms with Gasteiger partial charge in [0, 0.05) is 18.9 Å². The van der Waals surface area contributed by atoms with Crippen molar-refractivity contribution in [3.8, 4) is 0 Å². The fourth-order valence-corrected chi connectivity index (χ4v) is 2.51. The third-order valence-electron chi connectivity index (χ3n) is 1.58. The van der Waals surface area contributed by atoms with Crippen LogP contribution in [-0.4, -0.2) is 29.7 Å². The van der Waals surface area contributed by atoms with Crippen molar-refractivity contribution in [1.82, 2.24) is 4.90 Å². The molecule has 0 aliphatic heterocycles. The van der Waals surface area contributed by atoms with E-state index in [-0.39, 0.29) is 5.91 Å². The lowest BCUT2D eigenvalue weighted by atomic mass is 10.4. The SMILES string of the molecule is CN(CCBr)C(=O)c1sccc1Cl. The van der Waals surface area contributed by atoms with Crippen LogP contribution in [0.2, 0.25) is 5.02 Å². The van der Waals surface area contributed by atoms with Crippen molar-refractivity contribution in [2.75, 3.05) is 18.9 Å². The molecule has 1 amide bonds. The van der Waals surface area contributed by atoms with Gasteiger partial charge in [0.2, 0.25) is 0 Å². The van der Waals surface area contributed by atoms with Crippen LogP contribution in [0.3, 0.4) is 0 Å². The molecule has 1 aromatic heterocycles. The van der Waals surface area contributed by atoms with Gasteiger partial charge in [-0.2, -0.15) is 0 Å². The van der Waals surface area contributed by atoms with E-state index < -0.39 is 0 Å². The van der Waals surface area contributed by atoms with E-state index in [1.54, 1.807) is 18.0 Å². The Balaban J connectivity index is 2.73. The average molecular weight is 283 g/mol. The Bertz CT molecular complexity index is 302. The molecule has 0 fully saturated rings. The molecule has 0 radical (unpaired) electrons. The summed E-state index contributed by atoms with van der Waals surface area (Å²) in [4.78, 5) is 13.9. The van der Waals surface area contributed by atoms with Gasteiger partial charge in [0.15, 0.2) is 0 Å². The van der Waals surface area contributed by atoms with Crippen LogP contribution >= 0.6 is 38.9 Å². The van der Waals surface area contributed by atoms with Crippen LogP contribution in [0.4, 0.5) is 0 Å². The van der Waals surface area contributed by atoms with Crippen LogP contribution in [0.25, 0.3) is 0 Å². The van der Waals surface area contributed by atoms with Gasteiger partial charge < -0.3 is 4.90 Å². The summed E-state index contributed by atoms with van der Waals surface area (Å²) in [6, 6.07) is 1.74. The van der Waals surface area contributed by atoms with E-state index >= 15 is 0 Å². The highest BCUT2D eigenvalue weighted by Crippen LogP contribution is 2.23. The minimum absolute atomic E-state index is 0.0144. The summed E-state index contributed by atoms with van der Waals surface area (Å²) in [5, 5.41) is 3.13. The highest BCUT2D eigenvalue weighted by molar-refractivity contribution is 9.09. The molecule has 0 aliphatic rings. The fraction of sp³-hybridized carbons (Fsp3) is 0.375. The maximum atomic E-state index is 11.6. The van der Waals surface area contributed by atoms with Crippen LogP contribution < -0.4 is 0 Å². The van der Waals surface area contributed by atoms with Crippen molar-refractivity contribution in [3.05, 3.63) is 21.3 Å². The normalized spacial score (nSPS) is 10.1. The Morgan fingerprint density at radius 3 is 2.92 bits per heavy atom. The number of amides is 1. The lowest BCUT2D eigenvalue weighted by molar-refractivity contribution is 0.0809. The first kappa shape index (κ1) is 11.0. The molecular formula is C8H9BrClNOS. The molecular weight excluding hydrogens is 274 g/mol. The Labute approximate surface area is 94.6 Å². The van der Waals surface area contributed by atoms with Gasteiger partial charge in [0.25, 0.3) is 5.91 Å². The van der Waals surface area contributed by atoms with Crippen LogP contribution in [0, 0.1) is 0 Å². The zero-order valence-corrected chi connectivity index (χ0v) is 10.2. The Kier molecular flexibility index (Phi) is 4.22. The minimum atomic E-state index is -0.0144. The van der Waals surface area contributed by atoms with E-state index in [4.69, 9.17) is 11.6 Å². The number of rotatable bonds is 3. The topological polar surface area (TPSA) is 20.3 Å². The molecule has 1 rings (SSSR count). The Morgan fingerprint density at radius 1 is 1.77 bits per heavy atom. The molecule has 1 aromatic rings. The fourth-order valence-electron chi connectivity index (χ4n) is 0.848. The number of halogens is 2. The second-order valence-electron chi connectivity index (χ2n) is 2.51. The summed E-state index contributed by atoms with van der Waals surface area (Å²) >= 11 is 10.5. The van der Waals surface area contributed by atoms with Crippen molar-refractivity contribution < 1.29 is 4.79 Å². The van der Waals surface area contributed by atoms with Gasteiger partial charge in [0.05, 0.1) is 5.02 Å². The molecule has 0 atom stereocenters. The van der Waals surface area contributed by atoms with E-state index in [2.05, 4.69) is 15.9 Å². The summed E-state index contributed by atoms with van der Waals surface area (Å²) in [6.45, 7) is 0.688. The van der Waals surface area contributed by atoms with Crippen LogP contribution in [0.1, 0.15) is 9.67 Å². The van der Waals surface area contributed by atoms with Gasteiger partial charge in [-0.05, 0) is 11.4 Å². The zero-order chi connectivity index (χ0) is 9.84. The van der Waals surface area contributed by atoms with Gasteiger partial charge in [-0.15, -0.1) is 11.3 Å². The standard InChI is InChI=1S/C8H9BrClNOS/c1-11(4-3-9)8(12)7-6(10)2-5-13-7/h2,5H,3-4H2,1H3. The second-order valence-corrected chi connectivity index (χ2v) is 4.63. The molecule has 0 saturated heterocycles. The number of carbonyl (C=O) groups is 1. The molecule has 13 heavy (non-hydrogen) atoms. The predicted octanol–water partition coefficient (Wildman–Crippen LogP) is 2.87. The zero-order valence-electron chi connectivity index (χ0n) is 7.09. The molecule has 1 heterocycles. The monoisotopic (exact) mass is 281 g/mol. The minimum Gasteiger partial charge on any atom is -0.340 e. The third kappa shape index (κ3) is 2.69. The lowest BCUT2D eigenvalue weighted by Crippen LogP contribution is -2.27. The van der Waals surface area contributed by atoms with Crippen LogP contribution in [0.5, 0.6) is 0 Å². The first-order valence-electron chi connectivity index (χ1n) is 3.71. The molecule has 0 saturated carbocycles. The van der Waals surface area contributed by atoms with Crippen molar-refractivity contribution in [2.24, 2.45) is 0 Å². The highest BCUT2D eigenvalue weighted by Gasteiger charge is 2.15. The summed E-state index contributed by atoms with van der Waals surface area (Å²) in [7, 11) is 1.76. The van der Waals surface area contributed by atoms with Gasteiger partial charge in [0.1, 0.15) is 4.88 Å². The largest absolute Gasteiger partial charge is 0.340 e. The van der Waals surface area contributed by atoms with Crippen LogP contribution in [0.15, 0.2) is 11.4 Å². The lowest BCUT2D eigenvalue weighted by Gasteiger charge is -2.14. The van der Waals surface area contributed by atoms with Gasteiger partial charge in [-0.3, -0.25) is 4.79 Å². The molecule has 0 spiro atoms.